The predicted molar refractivity (Wildman–Crippen MR) is 128 cm³/mol. The number of anilines is 1. The minimum Gasteiger partial charge on any atom is -0.459 e. The summed E-state index contributed by atoms with van der Waals surface area (Å²) in [5.74, 6) is 0. The second kappa shape index (κ2) is 10.0. The zero-order valence-electron chi connectivity index (χ0n) is 18.1. The van der Waals surface area contributed by atoms with Crippen molar-refractivity contribution in [2.75, 3.05) is 31.5 Å². The Bertz CT molecular complexity index is 1170. The third kappa shape index (κ3) is 5.17. The summed E-state index contributed by atoms with van der Waals surface area (Å²) >= 11 is 1.53. The largest absolute Gasteiger partial charge is 0.459 e. The number of thioether (sulfide) groups is 1. The van der Waals surface area contributed by atoms with E-state index in [1.807, 2.05) is 24.3 Å². The predicted octanol–water partition coefficient (Wildman–Crippen LogP) is 3.89. The lowest BCUT2D eigenvalue weighted by atomic mass is 10.1. The number of rotatable bonds is 6. The van der Waals surface area contributed by atoms with Gasteiger partial charge in [0.25, 0.3) is 0 Å². The van der Waals surface area contributed by atoms with Crippen LogP contribution in [0.2, 0.25) is 0 Å². The number of hydrogen-bond donors (Lipinski definition) is 1. The zero-order valence-corrected chi connectivity index (χ0v) is 18.9. The summed E-state index contributed by atoms with van der Waals surface area (Å²) in [6, 6.07) is 20.7. The first-order valence-corrected chi connectivity index (χ1v) is 11.7. The van der Waals surface area contributed by atoms with E-state index in [0.717, 1.165) is 53.9 Å². The molecule has 1 saturated heterocycles. The highest BCUT2D eigenvalue weighted by atomic mass is 32.2. The quantitative estimate of drug-likeness (QED) is 0.564. The molecule has 2 aliphatic heterocycles. The van der Waals surface area contributed by atoms with Gasteiger partial charge in [0, 0.05) is 43.8 Å². The Morgan fingerprint density at radius 1 is 1.06 bits per heavy atom. The van der Waals surface area contributed by atoms with Crippen LogP contribution in [-0.2, 0) is 13.2 Å². The number of benzene rings is 2. The van der Waals surface area contributed by atoms with Gasteiger partial charge < -0.3 is 10.1 Å². The van der Waals surface area contributed by atoms with Crippen LogP contribution < -0.4 is 15.4 Å². The highest BCUT2D eigenvalue weighted by Crippen LogP contribution is 2.43. The molecular weight excluding hydrogens is 432 g/mol. The maximum atomic E-state index is 9.79. The Labute approximate surface area is 197 Å². The van der Waals surface area contributed by atoms with Crippen LogP contribution in [0.3, 0.4) is 0 Å². The van der Waals surface area contributed by atoms with Gasteiger partial charge in [-0.1, -0.05) is 48.2 Å². The minimum atomic E-state index is 0.252. The third-order valence-corrected chi connectivity index (χ3v) is 6.61. The molecule has 2 aromatic carbocycles. The van der Waals surface area contributed by atoms with Crippen LogP contribution in [0.15, 0.2) is 70.7 Å². The lowest BCUT2D eigenvalue weighted by molar-refractivity contribution is 0.230. The van der Waals surface area contributed by atoms with E-state index in [-0.39, 0.29) is 6.01 Å². The molecule has 2 aliphatic rings. The summed E-state index contributed by atoms with van der Waals surface area (Å²) < 4.78 is 5.84. The first-order chi connectivity index (χ1) is 16.3. The Morgan fingerprint density at radius 3 is 2.64 bits per heavy atom. The van der Waals surface area contributed by atoms with Crippen molar-refractivity contribution < 1.29 is 4.74 Å². The van der Waals surface area contributed by atoms with Crippen LogP contribution in [0.25, 0.3) is 5.57 Å². The fourth-order valence-electron chi connectivity index (χ4n) is 3.76. The van der Waals surface area contributed by atoms with Gasteiger partial charge in [0.15, 0.2) is 0 Å². The van der Waals surface area contributed by atoms with E-state index >= 15 is 0 Å². The molecule has 0 atom stereocenters. The van der Waals surface area contributed by atoms with E-state index < -0.39 is 0 Å². The summed E-state index contributed by atoms with van der Waals surface area (Å²) in [5.41, 5.74) is 4.33. The zero-order chi connectivity index (χ0) is 22.5. The molecule has 8 heteroatoms. The first-order valence-electron chi connectivity index (χ1n) is 10.9. The fourth-order valence-corrected chi connectivity index (χ4v) is 4.77. The highest BCUT2D eigenvalue weighted by molar-refractivity contribution is 8.04. The number of piperazine rings is 1. The maximum absolute atomic E-state index is 9.79. The van der Waals surface area contributed by atoms with Crippen LogP contribution in [0, 0.1) is 11.3 Å². The normalized spacial score (nSPS) is 17.1. The summed E-state index contributed by atoms with van der Waals surface area (Å²) in [6.45, 7) is 5.22. The number of nitrogens with one attached hydrogen (secondary N) is 1. The highest BCUT2D eigenvalue weighted by Gasteiger charge is 2.21. The van der Waals surface area contributed by atoms with Crippen molar-refractivity contribution in [3.63, 3.8) is 0 Å². The van der Waals surface area contributed by atoms with Crippen molar-refractivity contribution in [2.45, 2.75) is 18.0 Å². The molecule has 33 heavy (non-hydrogen) atoms. The molecule has 1 aromatic heterocycles. The fraction of sp³-hybridized carbons (Fsp3) is 0.240. The van der Waals surface area contributed by atoms with Gasteiger partial charge in [-0.3, -0.25) is 4.90 Å². The second-order valence-corrected chi connectivity index (χ2v) is 8.87. The topological polar surface area (TPSA) is 88.2 Å². The third-order valence-electron chi connectivity index (χ3n) is 5.52. The SMILES string of the molecule is N#C/C(=C1/Nc2ccccc2S1)c1ccnc(OCc2ccc(CN3CC[N]CC3)cc2)n1. The van der Waals surface area contributed by atoms with Gasteiger partial charge in [-0.15, -0.1) is 0 Å². The Balaban J connectivity index is 1.23. The molecule has 7 nitrogen and oxygen atoms in total. The van der Waals surface area contributed by atoms with Crippen molar-refractivity contribution in [1.82, 2.24) is 20.2 Å². The number of para-hydroxylation sites is 1. The van der Waals surface area contributed by atoms with Gasteiger partial charge in [-0.05, 0) is 29.3 Å². The number of hydrogen-bond acceptors (Lipinski definition) is 7. The summed E-state index contributed by atoms with van der Waals surface area (Å²) in [6.07, 6.45) is 1.62. The molecule has 0 spiro atoms. The monoisotopic (exact) mass is 455 g/mol. The Morgan fingerprint density at radius 2 is 1.85 bits per heavy atom. The molecule has 0 saturated carbocycles. The van der Waals surface area contributed by atoms with Gasteiger partial charge in [0.2, 0.25) is 0 Å². The molecule has 5 rings (SSSR count). The number of nitriles is 1. The summed E-state index contributed by atoms with van der Waals surface area (Å²) in [5, 5.41) is 18.3. The number of fused-ring (bicyclic) bond motifs is 1. The van der Waals surface area contributed by atoms with Crippen molar-refractivity contribution in [3.8, 4) is 12.1 Å². The second-order valence-electron chi connectivity index (χ2n) is 7.82. The number of allylic oxidation sites excluding steroid dienone is 1. The molecule has 0 unspecified atom stereocenters. The standard InChI is InChI=1S/C25H23N6OS/c26-15-20(24-29-22-3-1-2-4-23(22)33-24)21-9-10-28-25(30-21)32-17-19-7-5-18(6-8-19)16-31-13-11-27-12-14-31/h1-10,29H,11-14,16-17H2/b24-20+. The van der Waals surface area contributed by atoms with Crippen LogP contribution in [0.1, 0.15) is 16.8 Å². The van der Waals surface area contributed by atoms with E-state index in [4.69, 9.17) is 4.74 Å². The Kier molecular flexibility index (Phi) is 6.53. The summed E-state index contributed by atoms with van der Waals surface area (Å²) in [7, 11) is 0. The van der Waals surface area contributed by atoms with Gasteiger partial charge in [-0.25, -0.2) is 10.3 Å². The van der Waals surface area contributed by atoms with Gasteiger partial charge in [0.1, 0.15) is 18.2 Å². The lowest BCUT2D eigenvalue weighted by Crippen LogP contribution is -2.39. The minimum absolute atomic E-state index is 0.252. The van der Waals surface area contributed by atoms with Crippen molar-refractivity contribution in [2.24, 2.45) is 0 Å². The van der Waals surface area contributed by atoms with Gasteiger partial charge in [0.05, 0.1) is 16.4 Å². The smallest absolute Gasteiger partial charge is 0.317 e. The van der Waals surface area contributed by atoms with Crippen LogP contribution in [0.5, 0.6) is 6.01 Å². The molecule has 0 aliphatic carbocycles. The molecule has 3 aromatic rings. The van der Waals surface area contributed by atoms with E-state index in [1.54, 1.807) is 12.3 Å². The van der Waals surface area contributed by atoms with Crippen molar-refractivity contribution in [1.29, 1.82) is 5.26 Å². The Hall–Kier alpha value is -3.38. The molecule has 1 radical (unpaired) electrons. The van der Waals surface area contributed by atoms with Gasteiger partial charge in [-0.2, -0.15) is 10.2 Å². The number of aromatic nitrogens is 2. The van der Waals surface area contributed by atoms with Crippen LogP contribution in [-0.4, -0.2) is 41.0 Å². The van der Waals surface area contributed by atoms with Crippen LogP contribution >= 0.6 is 11.8 Å². The lowest BCUT2D eigenvalue weighted by Gasteiger charge is -2.26. The maximum Gasteiger partial charge on any atom is 0.317 e. The van der Waals surface area contributed by atoms with Gasteiger partial charge >= 0.3 is 6.01 Å². The van der Waals surface area contributed by atoms with Crippen molar-refractivity contribution in [3.05, 3.63) is 82.6 Å². The molecule has 1 N–H and O–H groups in total. The molecule has 1 fully saturated rings. The molecule has 0 amide bonds. The van der Waals surface area contributed by atoms with Crippen molar-refractivity contribution >= 4 is 23.0 Å². The van der Waals surface area contributed by atoms with Crippen LogP contribution in [0.4, 0.5) is 5.69 Å². The molecule has 0 bridgehead atoms. The molecule has 3 heterocycles. The van der Waals surface area contributed by atoms with E-state index in [1.165, 1.54) is 17.3 Å². The van der Waals surface area contributed by atoms with E-state index in [9.17, 15) is 5.26 Å². The average Bonchev–Trinajstić information content (AvgIpc) is 3.29. The summed E-state index contributed by atoms with van der Waals surface area (Å²) in [4.78, 5) is 12.2. The first kappa shape index (κ1) is 21.5. The average molecular weight is 456 g/mol. The molecular formula is C25H23N6OS. The number of ether oxygens (including phenoxy) is 1. The number of nitrogens with zero attached hydrogens (tertiary/aromatic N) is 5. The van der Waals surface area contributed by atoms with E-state index in [0.29, 0.717) is 17.9 Å². The molecule has 165 valence electrons. The van der Waals surface area contributed by atoms with E-state index in [2.05, 4.69) is 55.8 Å².